The molecule has 2 amide bonds. The fraction of sp³-hybridized carbons (Fsp3) is 0.312. The number of amides is 2. The van der Waals surface area contributed by atoms with Crippen molar-refractivity contribution in [3.63, 3.8) is 0 Å². The molecule has 1 aromatic heterocycles. The number of nitrogens with one attached hydrogen (secondary N) is 1. The molecular formula is C16H19N3O4. The van der Waals surface area contributed by atoms with Crippen molar-refractivity contribution in [2.45, 2.75) is 13.8 Å². The molecular weight excluding hydrogens is 298 g/mol. The molecule has 7 nitrogen and oxygen atoms in total. The monoisotopic (exact) mass is 317 g/mol. The standard InChI is InChI=1S/C16H19N3O4/c1-4-19(10-15(20)17-14-8-11(2)23-18-14)16(21)12-6-5-7-13(9-12)22-3/h5-9H,4,10H2,1-3H3,(H,17,18,20). The van der Waals surface area contributed by atoms with Crippen LogP contribution in [0.4, 0.5) is 5.82 Å². The highest BCUT2D eigenvalue weighted by Gasteiger charge is 2.18. The molecule has 2 aromatic rings. The summed E-state index contributed by atoms with van der Waals surface area (Å²) in [6.07, 6.45) is 0. The molecule has 0 atom stereocenters. The number of carbonyl (C=O) groups is 2. The Hall–Kier alpha value is -2.83. The van der Waals surface area contributed by atoms with Crippen LogP contribution in [0.2, 0.25) is 0 Å². The zero-order valence-electron chi connectivity index (χ0n) is 13.3. The number of aromatic nitrogens is 1. The number of nitrogens with zero attached hydrogens (tertiary/aromatic N) is 2. The van der Waals surface area contributed by atoms with Gasteiger partial charge in [0.1, 0.15) is 18.1 Å². The predicted octanol–water partition coefficient (Wildman–Crippen LogP) is 2.09. The maximum atomic E-state index is 12.5. The van der Waals surface area contributed by atoms with Gasteiger partial charge in [-0.15, -0.1) is 0 Å². The van der Waals surface area contributed by atoms with Gasteiger partial charge in [-0.1, -0.05) is 11.2 Å². The number of likely N-dealkylation sites (N-methyl/N-ethyl adjacent to an activating group) is 1. The van der Waals surface area contributed by atoms with E-state index in [-0.39, 0.29) is 18.4 Å². The summed E-state index contributed by atoms with van der Waals surface area (Å²) in [5.41, 5.74) is 0.469. The third kappa shape index (κ3) is 4.32. The Morgan fingerprint density at radius 2 is 2.13 bits per heavy atom. The molecule has 1 aromatic carbocycles. The molecule has 0 unspecified atom stereocenters. The second kappa shape index (κ2) is 7.44. The van der Waals surface area contributed by atoms with Gasteiger partial charge in [0.05, 0.1) is 7.11 Å². The van der Waals surface area contributed by atoms with Crippen LogP contribution in [0.3, 0.4) is 0 Å². The summed E-state index contributed by atoms with van der Waals surface area (Å²) >= 11 is 0. The van der Waals surface area contributed by atoms with Crippen LogP contribution in [-0.2, 0) is 4.79 Å². The number of ether oxygens (including phenoxy) is 1. The second-order valence-electron chi connectivity index (χ2n) is 4.92. The van der Waals surface area contributed by atoms with Crippen LogP contribution in [0.1, 0.15) is 23.0 Å². The summed E-state index contributed by atoms with van der Waals surface area (Å²) in [5.74, 6) is 0.946. The van der Waals surface area contributed by atoms with Gasteiger partial charge in [0.15, 0.2) is 5.82 Å². The SMILES string of the molecule is CCN(CC(=O)Nc1cc(C)on1)C(=O)c1cccc(OC)c1. The lowest BCUT2D eigenvalue weighted by molar-refractivity contribution is -0.116. The minimum absolute atomic E-state index is 0.0710. The number of aryl methyl sites for hydroxylation is 1. The minimum Gasteiger partial charge on any atom is -0.497 e. The molecule has 0 bridgehead atoms. The van der Waals surface area contributed by atoms with E-state index < -0.39 is 0 Å². The van der Waals surface area contributed by atoms with E-state index in [9.17, 15) is 9.59 Å². The molecule has 0 saturated heterocycles. The molecule has 0 fully saturated rings. The van der Waals surface area contributed by atoms with E-state index in [1.165, 1.54) is 12.0 Å². The van der Waals surface area contributed by atoms with Gasteiger partial charge in [-0.2, -0.15) is 0 Å². The van der Waals surface area contributed by atoms with Crippen LogP contribution in [0.5, 0.6) is 5.75 Å². The van der Waals surface area contributed by atoms with Crippen LogP contribution in [0, 0.1) is 6.92 Å². The van der Waals surface area contributed by atoms with Crippen molar-refractivity contribution in [1.82, 2.24) is 10.1 Å². The number of benzene rings is 1. The van der Waals surface area contributed by atoms with Crippen LogP contribution in [-0.4, -0.2) is 42.1 Å². The normalized spacial score (nSPS) is 10.2. The summed E-state index contributed by atoms with van der Waals surface area (Å²) < 4.78 is 9.99. The molecule has 7 heteroatoms. The second-order valence-corrected chi connectivity index (χ2v) is 4.92. The minimum atomic E-state index is -0.337. The van der Waals surface area contributed by atoms with Gasteiger partial charge in [0.2, 0.25) is 5.91 Å². The van der Waals surface area contributed by atoms with Gasteiger partial charge in [0, 0.05) is 18.2 Å². The maximum Gasteiger partial charge on any atom is 0.254 e. The van der Waals surface area contributed by atoms with E-state index in [0.29, 0.717) is 29.4 Å². The van der Waals surface area contributed by atoms with Crippen molar-refractivity contribution in [2.24, 2.45) is 0 Å². The van der Waals surface area contributed by atoms with E-state index in [1.807, 2.05) is 6.92 Å². The molecule has 0 aliphatic rings. The lowest BCUT2D eigenvalue weighted by Crippen LogP contribution is -2.37. The van der Waals surface area contributed by atoms with E-state index in [2.05, 4.69) is 10.5 Å². The van der Waals surface area contributed by atoms with Crippen molar-refractivity contribution in [3.8, 4) is 5.75 Å². The molecule has 1 heterocycles. The van der Waals surface area contributed by atoms with Crippen molar-refractivity contribution in [1.29, 1.82) is 0 Å². The largest absolute Gasteiger partial charge is 0.497 e. The Labute approximate surface area is 134 Å². The van der Waals surface area contributed by atoms with Gasteiger partial charge < -0.3 is 19.5 Å². The number of hydrogen-bond donors (Lipinski definition) is 1. The summed E-state index contributed by atoms with van der Waals surface area (Å²) in [6, 6.07) is 8.43. The first-order chi connectivity index (χ1) is 11.0. The predicted molar refractivity (Wildman–Crippen MR) is 84.4 cm³/mol. The third-order valence-electron chi connectivity index (χ3n) is 3.22. The number of anilines is 1. The Morgan fingerprint density at radius 3 is 2.74 bits per heavy atom. The van der Waals surface area contributed by atoms with Crippen molar-refractivity contribution in [3.05, 3.63) is 41.7 Å². The Kier molecular flexibility index (Phi) is 5.35. The maximum absolute atomic E-state index is 12.5. The fourth-order valence-corrected chi connectivity index (χ4v) is 2.05. The van der Waals surface area contributed by atoms with E-state index in [0.717, 1.165) is 0 Å². The van der Waals surface area contributed by atoms with Gasteiger partial charge in [-0.25, -0.2) is 0 Å². The molecule has 2 rings (SSSR count). The first-order valence-corrected chi connectivity index (χ1v) is 7.20. The van der Waals surface area contributed by atoms with Crippen molar-refractivity contribution in [2.75, 3.05) is 25.5 Å². The van der Waals surface area contributed by atoms with Crippen LogP contribution >= 0.6 is 0 Å². The van der Waals surface area contributed by atoms with Gasteiger partial charge in [-0.05, 0) is 32.0 Å². The smallest absolute Gasteiger partial charge is 0.254 e. The number of rotatable bonds is 6. The topological polar surface area (TPSA) is 84.7 Å². The van der Waals surface area contributed by atoms with Gasteiger partial charge >= 0.3 is 0 Å². The van der Waals surface area contributed by atoms with Crippen molar-refractivity contribution >= 4 is 17.6 Å². The molecule has 0 spiro atoms. The third-order valence-corrected chi connectivity index (χ3v) is 3.22. The summed E-state index contributed by atoms with van der Waals surface area (Å²) in [5, 5.41) is 6.28. The number of carbonyl (C=O) groups excluding carboxylic acids is 2. The van der Waals surface area contributed by atoms with E-state index in [4.69, 9.17) is 9.26 Å². The first-order valence-electron chi connectivity index (χ1n) is 7.20. The van der Waals surface area contributed by atoms with Crippen LogP contribution in [0.15, 0.2) is 34.9 Å². The van der Waals surface area contributed by atoms with Crippen molar-refractivity contribution < 1.29 is 18.8 Å². The zero-order chi connectivity index (χ0) is 16.8. The molecule has 0 aliphatic heterocycles. The number of hydrogen-bond acceptors (Lipinski definition) is 5. The van der Waals surface area contributed by atoms with Crippen LogP contribution in [0.25, 0.3) is 0 Å². The highest BCUT2D eigenvalue weighted by atomic mass is 16.5. The lowest BCUT2D eigenvalue weighted by atomic mass is 10.2. The van der Waals surface area contributed by atoms with E-state index in [1.54, 1.807) is 37.3 Å². The average Bonchev–Trinajstić information content (AvgIpc) is 2.96. The molecule has 0 saturated carbocycles. The quantitative estimate of drug-likeness (QED) is 0.882. The lowest BCUT2D eigenvalue weighted by Gasteiger charge is -2.20. The highest BCUT2D eigenvalue weighted by molar-refractivity contribution is 5.99. The molecule has 1 N–H and O–H groups in total. The number of methoxy groups -OCH3 is 1. The average molecular weight is 317 g/mol. The molecule has 122 valence electrons. The molecule has 0 radical (unpaired) electrons. The highest BCUT2D eigenvalue weighted by Crippen LogP contribution is 2.14. The van der Waals surface area contributed by atoms with E-state index >= 15 is 0 Å². The van der Waals surface area contributed by atoms with Gasteiger partial charge in [0.25, 0.3) is 5.91 Å². The summed E-state index contributed by atoms with van der Waals surface area (Å²) in [4.78, 5) is 26.0. The van der Waals surface area contributed by atoms with Crippen LogP contribution < -0.4 is 10.1 Å². The Bertz CT molecular complexity index is 696. The Morgan fingerprint density at radius 1 is 1.35 bits per heavy atom. The Balaban J connectivity index is 2.03. The fourth-order valence-electron chi connectivity index (χ4n) is 2.05. The zero-order valence-corrected chi connectivity index (χ0v) is 13.3. The summed E-state index contributed by atoms with van der Waals surface area (Å²) in [7, 11) is 1.54. The molecule has 0 aliphatic carbocycles. The van der Waals surface area contributed by atoms with Gasteiger partial charge in [-0.3, -0.25) is 9.59 Å². The molecule has 23 heavy (non-hydrogen) atoms. The first kappa shape index (κ1) is 16.5. The summed E-state index contributed by atoms with van der Waals surface area (Å²) in [6.45, 7) is 3.87.